The van der Waals surface area contributed by atoms with Crippen LogP contribution in [-0.4, -0.2) is 21.8 Å². The lowest BCUT2D eigenvalue weighted by Gasteiger charge is -2.26. The van der Waals surface area contributed by atoms with Gasteiger partial charge < -0.3 is 5.11 Å². The number of carbonyl (C=O) groups excluding carboxylic acids is 2. The van der Waals surface area contributed by atoms with E-state index in [1.54, 1.807) is 18.2 Å². The lowest BCUT2D eigenvalue weighted by atomic mass is 9.95. The number of carbonyl (C=O) groups is 2. The van der Waals surface area contributed by atoms with Crippen LogP contribution in [0.4, 0.5) is 14.5 Å². The van der Waals surface area contributed by atoms with Crippen LogP contribution in [0.3, 0.4) is 0 Å². The third kappa shape index (κ3) is 3.94. The second-order valence-corrected chi connectivity index (χ2v) is 7.10. The first kappa shape index (κ1) is 20.4. The molecule has 1 aromatic heterocycles. The van der Waals surface area contributed by atoms with Gasteiger partial charge in [0.15, 0.2) is 23.2 Å². The standard InChI is InChI=1S/C24H18F2N2O3/c25-17-11-10-16(14-18(17)26)28-22(19-8-4-5-13-27-19)21(23(30)24(28)31)20(29)12-9-15-6-2-1-3-7-15/h1-8,10-11,13-14,22,30H,9,12H2. The maximum Gasteiger partial charge on any atom is 0.294 e. The molecule has 2 heterocycles. The number of anilines is 1. The monoisotopic (exact) mass is 420 g/mol. The minimum absolute atomic E-state index is 0.0111. The van der Waals surface area contributed by atoms with E-state index in [2.05, 4.69) is 4.98 Å². The number of pyridine rings is 1. The molecule has 0 bridgehead atoms. The molecule has 0 fully saturated rings. The Hall–Kier alpha value is -3.87. The third-order valence-electron chi connectivity index (χ3n) is 5.14. The van der Waals surface area contributed by atoms with Gasteiger partial charge in [-0.3, -0.25) is 19.5 Å². The topological polar surface area (TPSA) is 70.5 Å². The zero-order valence-electron chi connectivity index (χ0n) is 16.3. The van der Waals surface area contributed by atoms with E-state index in [0.29, 0.717) is 12.1 Å². The molecule has 0 saturated heterocycles. The SMILES string of the molecule is O=C(CCc1ccccc1)C1=C(O)C(=O)N(c2ccc(F)c(F)c2)C1c1ccccn1. The molecule has 0 saturated carbocycles. The molecule has 156 valence electrons. The fourth-order valence-electron chi connectivity index (χ4n) is 3.65. The van der Waals surface area contributed by atoms with E-state index in [9.17, 15) is 23.5 Å². The first-order valence-electron chi connectivity index (χ1n) is 9.67. The number of nitrogens with zero attached hydrogens (tertiary/aromatic N) is 2. The van der Waals surface area contributed by atoms with Crippen LogP contribution in [0.5, 0.6) is 0 Å². The molecule has 3 aromatic rings. The van der Waals surface area contributed by atoms with E-state index in [4.69, 9.17) is 0 Å². The van der Waals surface area contributed by atoms with Crippen LogP contribution in [-0.2, 0) is 16.0 Å². The summed E-state index contributed by atoms with van der Waals surface area (Å²) in [5, 5.41) is 10.6. The number of Topliss-reactive ketones (excluding diaryl/α,β-unsaturated/α-hetero) is 1. The number of aliphatic hydroxyl groups is 1. The highest BCUT2D eigenvalue weighted by Gasteiger charge is 2.44. The number of benzene rings is 2. The summed E-state index contributed by atoms with van der Waals surface area (Å²) in [4.78, 5) is 31.3. The van der Waals surface area contributed by atoms with Crippen molar-refractivity contribution in [1.82, 2.24) is 4.98 Å². The van der Waals surface area contributed by atoms with Gasteiger partial charge in [-0.05, 0) is 36.2 Å². The molecule has 0 radical (unpaired) electrons. The van der Waals surface area contributed by atoms with Gasteiger partial charge in [0.1, 0.15) is 6.04 Å². The molecule has 0 aliphatic carbocycles. The predicted octanol–water partition coefficient (Wildman–Crippen LogP) is 4.46. The van der Waals surface area contributed by atoms with E-state index in [1.807, 2.05) is 30.3 Å². The van der Waals surface area contributed by atoms with Crippen molar-refractivity contribution in [3.8, 4) is 0 Å². The maximum atomic E-state index is 13.9. The van der Waals surface area contributed by atoms with Crippen LogP contribution < -0.4 is 4.90 Å². The Balaban J connectivity index is 1.72. The largest absolute Gasteiger partial charge is 0.503 e. The zero-order chi connectivity index (χ0) is 22.0. The molecule has 1 unspecified atom stereocenters. The van der Waals surface area contributed by atoms with Crippen molar-refractivity contribution in [3.63, 3.8) is 0 Å². The molecule has 1 N–H and O–H groups in total. The van der Waals surface area contributed by atoms with Crippen molar-refractivity contribution < 1.29 is 23.5 Å². The number of aromatic nitrogens is 1. The molecular formula is C24H18F2N2O3. The molecule has 5 nitrogen and oxygen atoms in total. The molecule has 4 rings (SSSR count). The normalized spacial score (nSPS) is 16.1. The predicted molar refractivity (Wildman–Crippen MR) is 110 cm³/mol. The Bertz CT molecular complexity index is 1160. The van der Waals surface area contributed by atoms with Crippen LogP contribution in [0.1, 0.15) is 23.7 Å². The summed E-state index contributed by atoms with van der Waals surface area (Å²) in [6, 6.07) is 16.2. The minimum Gasteiger partial charge on any atom is -0.503 e. The zero-order valence-corrected chi connectivity index (χ0v) is 16.3. The van der Waals surface area contributed by atoms with Crippen molar-refractivity contribution in [2.75, 3.05) is 4.90 Å². The Labute approximate surface area is 177 Å². The molecular weight excluding hydrogens is 402 g/mol. The van der Waals surface area contributed by atoms with Crippen LogP contribution in [0, 0.1) is 11.6 Å². The first-order valence-corrected chi connectivity index (χ1v) is 9.67. The van der Waals surface area contributed by atoms with Gasteiger partial charge in [0.25, 0.3) is 5.91 Å². The summed E-state index contributed by atoms with van der Waals surface area (Å²) in [5.41, 5.74) is 1.17. The summed E-state index contributed by atoms with van der Waals surface area (Å²) in [6.07, 6.45) is 1.97. The van der Waals surface area contributed by atoms with Crippen LogP contribution >= 0.6 is 0 Å². The Kier molecular flexibility index (Phi) is 5.58. The Morgan fingerprint density at radius 2 is 1.74 bits per heavy atom. The summed E-state index contributed by atoms with van der Waals surface area (Å²) in [7, 11) is 0. The molecule has 1 atom stereocenters. The third-order valence-corrected chi connectivity index (χ3v) is 5.14. The Morgan fingerprint density at radius 1 is 1.00 bits per heavy atom. The van der Waals surface area contributed by atoms with Gasteiger partial charge in [0.2, 0.25) is 0 Å². The number of hydrogen-bond acceptors (Lipinski definition) is 4. The van der Waals surface area contributed by atoms with Gasteiger partial charge in [0, 0.05) is 24.4 Å². The molecule has 2 aromatic carbocycles. The fourth-order valence-corrected chi connectivity index (χ4v) is 3.65. The number of aliphatic hydroxyl groups excluding tert-OH is 1. The van der Waals surface area contributed by atoms with Crippen molar-refractivity contribution in [3.05, 3.63) is 107 Å². The van der Waals surface area contributed by atoms with Crippen molar-refractivity contribution in [2.24, 2.45) is 0 Å². The second kappa shape index (κ2) is 8.47. The van der Waals surface area contributed by atoms with Gasteiger partial charge in [-0.2, -0.15) is 0 Å². The lowest BCUT2D eigenvalue weighted by molar-refractivity contribution is -0.118. The summed E-state index contributed by atoms with van der Waals surface area (Å²) in [5.74, 6) is -4.21. The van der Waals surface area contributed by atoms with Crippen LogP contribution in [0.2, 0.25) is 0 Å². The summed E-state index contributed by atoms with van der Waals surface area (Å²) < 4.78 is 27.3. The molecule has 1 aliphatic heterocycles. The number of ketones is 1. The molecule has 1 amide bonds. The highest BCUT2D eigenvalue weighted by molar-refractivity contribution is 6.16. The van der Waals surface area contributed by atoms with E-state index in [1.165, 1.54) is 12.3 Å². The average Bonchev–Trinajstić information content (AvgIpc) is 3.06. The fraction of sp³-hybridized carbons (Fsp3) is 0.125. The van der Waals surface area contributed by atoms with Crippen LogP contribution in [0.15, 0.2) is 84.3 Å². The van der Waals surface area contributed by atoms with Gasteiger partial charge in [-0.25, -0.2) is 8.78 Å². The van der Waals surface area contributed by atoms with Gasteiger partial charge in [-0.1, -0.05) is 36.4 Å². The van der Waals surface area contributed by atoms with E-state index < -0.39 is 35.1 Å². The molecule has 7 heteroatoms. The quantitative estimate of drug-likeness (QED) is 0.639. The number of aryl methyl sites for hydroxylation is 1. The van der Waals surface area contributed by atoms with Crippen molar-refractivity contribution >= 4 is 17.4 Å². The number of amides is 1. The van der Waals surface area contributed by atoms with Gasteiger partial charge >= 0.3 is 0 Å². The summed E-state index contributed by atoms with van der Waals surface area (Å²) >= 11 is 0. The van der Waals surface area contributed by atoms with E-state index >= 15 is 0 Å². The minimum atomic E-state index is -1.14. The van der Waals surface area contributed by atoms with Crippen molar-refractivity contribution in [2.45, 2.75) is 18.9 Å². The summed E-state index contributed by atoms with van der Waals surface area (Å²) in [6.45, 7) is 0. The molecule has 1 aliphatic rings. The highest BCUT2D eigenvalue weighted by Crippen LogP contribution is 2.41. The smallest absolute Gasteiger partial charge is 0.294 e. The van der Waals surface area contributed by atoms with E-state index in [-0.39, 0.29) is 17.7 Å². The van der Waals surface area contributed by atoms with E-state index in [0.717, 1.165) is 22.6 Å². The second-order valence-electron chi connectivity index (χ2n) is 7.10. The van der Waals surface area contributed by atoms with Crippen molar-refractivity contribution in [1.29, 1.82) is 0 Å². The number of hydrogen-bond donors (Lipinski definition) is 1. The average molecular weight is 420 g/mol. The maximum absolute atomic E-state index is 13.9. The number of rotatable bonds is 6. The lowest BCUT2D eigenvalue weighted by Crippen LogP contribution is -2.31. The molecule has 0 spiro atoms. The van der Waals surface area contributed by atoms with Gasteiger partial charge in [-0.15, -0.1) is 0 Å². The Morgan fingerprint density at radius 3 is 2.42 bits per heavy atom. The molecule has 31 heavy (non-hydrogen) atoms. The van der Waals surface area contributed by atoms with Crippen LogP contribution in [0.25, 0.3) is 0 Å². The van der Waals surface area contributed by atoms with Gasteiger partial charge in [0.05, 0.1) is 11.3 Å². The number of halogens is 2. The highest BCUT2D eigenvalue weighted by atomic mass is 19.2. The first-order chi connectivity index (χ1) is 15.0.